The molecular weight excluding hydrogens is 405 g/mol. The Morgan fingerprint density at radius 3 is 2.45 bits per heavy atom. The SMILES string of the molecule is O=C(COc1cccc([N+](=O)[O-])c1)N1CCN(C(=O)c2ccc(F)cc2Cl)CC1. The summed E-state index contributed by atoms with van der Waals surface area (Å²) in [5.41, 5.74) is 0.0865. The molecule has 0 aromatic heterocycles. The van der Waals surface area contributed by atoms with Crippen molar-refractivity contribution in [1.82, 2.24) is 9.80 Å². The minimum atomic E-state index is -0.543. The molecule has 10 heteroatoms. The molecule has 0 saturated carbocycles. The van der Waals surface area contributed by atoms with Crippen LogP contribution in [-0.4, -0.2) is 59.3 Å². The van der Waals surface area contributed by atoms with E-state index in [4.69, 9.17) is 16.3 Å². The summed E-state index contributed by atoms with van der Waals surface area (Å²) in [6, 6.07) is 9.18. The van der Waals surface area contributed by atoms with Gasteiger partial charge in [-0.3, -0.25) is 19.7 Å². The van der Waals surface area contributed by atoms with Crippen molar-refractivity contribution < 1.29 is 23.6 Å². The molecule has 1 saturated heterocycles. The van der Waals surface area contributed by atoms with Crippen LogP contribution in [0, 0.1) is 15.9 Å². The molecule has 2 aromatic rings. The largest absolute Gasteiger partial charge is 0.484 e. The maximum absolute atomic E-state index is 13.2. The fourth-order valence-corrected chi connectivity index (χ4v) is 3.16. The number of piperazine rings is 1. The molecule has 1 fully saturated rings. The van der Waals surface area contributed by atoms with Gasteiger partial charge in [0.15, 0.2) is 6.61 Å². The zero-order valence-corrected chi connectivity index (χ0v) is 16.0. The quantitative estimate of drug-likeness (QED) is 0.546. The van der Waals surface area contributed by atoms with E-state index in [-0.39, 0.29) is 40.4 Å². The highest BCUT2D eigenvalue weighted by molar-refractivity contribution is 6.33. The number of nitro benzene ring substituents is 1. The fourth-order valence-electron chi connectivity index (χ4n) is 2.92. The summed E-state index contributed by atoms with van der Waals surface area (Å²) in [4.78, 5) is 38.2. The van der Waals surface area contributed by atoms with Crippen molar-refractivity contribution >= 4 is 29.1 Å². The van der Waals surface area contributed by atoms with Gasteiger partial charge in [0, 0.05) is 32.2 Å². The molecular formula is C19H17ClFN3O5. The Hall–Kier alpha value is -3.20. The van der Waals surface area contributed by atoms with Gasteiger partial charge in [-0.2, -0.15) is 0 Å². The molecule has 0 atom stereocenters. The van der Waals surface area contributed by atoms with Crippen molar-refractivity contribution in [2.24, 2.45) is 0 Å². The molecule has 8 nitrogen and oxygen atoms in total. The average molecular weight is 422 g/mol. The molecule has 2 amide bonds. The van der Waals surface area contributed by atoms with Gasteiger partial charge in [0.2, 0.25) is 0 Å². The van der Waals surface area contributed by atoms with E-state index >= 15 is 0 Å². The van der Waals surface area contributed by atoms with Crippen LogP contribution in [0.5, 0.6) is 5.75 Å². The lowest BCUT2D eigenvalue weighted by molar-refractivity contribution is -0.384. The van der Waals surface area contributed by atoms with Gasteiger partial charge in [-0.25, -0.2) is 4.39 Å². The molecule has 0 unspecified atom stereocenters. The normalized spacial score (nSPS) is 13.9. The van der Waals surface area contributed by atoms with E-state index in [1.807, 2.05) is 0 Å². The maximum Gasteiger partial charge on any atom is 0.273 e. The predicted octanol–water partition coefficient (Wildman–Crippen LogP) is 2.75. The van der Waals surface area contributed by atoms with E-state index in [2.05, 4.69) is 0 Å². The fraction of sp³-hybridized carbons (Fsp3) is 0.263. The van der Waals surface area contributed by atoms with Gasteiger partial charge in [-0.1, -0.05) is 17.7 Å². The van der Waals surface area contributed by atoms with Gasteiger partial charge < -0.3 is 14.5 Å². The molecule has 152 valence electrons. The van der Waals surface area contributed by atoms with Crippen molar-refractivity contribution in [3.8, 4) is 5.75 Å². The summed E-state index contributed by atoms with van der Waals surface area (Å²) in [7, 11) is 0. The molecule has 1 aliphatic rings. The third-order valence-corrected chi connectivity index (χ3v) is 4.78. The number of hydrogen-bond donors (Lipinski definition) is 0. The van der Waals surface area contributed by atoms with Crippen LogP contribution in [0.2, 0.25) is 5.02 Å². The number of ether oxygens (including phenoxy) is 1. The van der Waals surface area contributed by atoms with E-state index in [1.165, 1.54) is 36.4 Å². The third-order valence-electron chi connectivity index (χ3n) is 4.47. The second-order valence-electron chi connectivity index (χ2n) is 6.34. The first-order valence-electron chi connectivity index (χ1n) is 8.74. The first kappa shape index (κ1) is 20.5. The van der Waals surface area contributed by atoms with Gasteiger partial charge in [-0.05, 0) is 24.3 Å². The van der Waals surface area contributed by atoms with Crippen molar-refractivity contribution in [1.29, 1.82) is 0 Å². The Morgan fingerprint density at radius 1 is 1.10 bits per heavy atom. The van der Waals surface area contributed by atoms with Crippen molar-refractivity contribution in [3.05, 3.63) is 69.0 Å². The summed E-state index contributed by atoms with van der Waals surface area (Å²) < 4.78 is 18.5. The number of carbonyl (C=O) groups excluding carboxylic acids is 2. The van der Waals surface area contributed by atoms with Crippen molar-refractivity contribution in [2.75, 3.05) is 32.8 Å². The third kappa shape index (κ3) is 5.00. The Kier molecular flexibility index (Phi) is 6.28. The highest BCUT2D eigenvalue weighted by atomic mass is 35.5. The summed E-state index contributed by atoms with van der Waals surface area (Å²) >= 11 is 5.94. The summed E-state index contributed by atoms with van der Waals surface area (Å²) in [5, 5.41) is 10.8. The first-order chi connectivity index (χ1) is 13.8. The molecule has 2 aromatic carbocycles. The second-order valence-corrected chi connectivity index (χ2v) is 6.75. The molecule has 0 spiro atoms. The van der Waals surface area contributed by atoms with Gasteiger partial charge in [0.25, 0.3) is 17.5 Å². The van der Waals surface area contributed by atoms with Gasteiger partial charge in [0.1, 0.15) is 11.6 Å². The summed E-state index contributed by atoms with van der Waals surface area (Å²) in [6.45, 7) is 0.951. The van der Waals surface area contributed by atoms with E-state index < -0.39 is 10.7 Å². The lowest BCUT2D eigenvalue weighted by Crippen LogP contribution is -2.51. The first-order valence-corrected chi connectivity index (χ1v) is 9.12. The number of amides is 2. The number of carbonyl (C=O) groups is 2. The number of benzene rings is 2. The minimum Gasteiger partial charge on any atom is -0.484 e. The highest BCUT2D eigenvalue weighted by Gasteiger charge is 2.26. The standard InChI is InChI=1S/C19H17ClFN3O5/c20-17-10-13(21)4-5-16(17)19(26)23-8-6-22(7-9-23)18(25)12-29-15-3-1-2-14(11-15)24(27)28/h1-5,10-11H,6-9,12H2. The molecule has 0 aliphatic carbocycles. The van der Waals surface area contributed by atoms with Gasteiger partial charge in [-0.15, -0.1) is 0 Å². The lowest BCUT2D eigenvalue weighted by Gasteiger charge is -2.34. The Morgan fingerprint density at radius 2 is 1.79 bits per heavy atom. The van der Waals surface area contributed by atoms with Gasteiger partial charge >= 0.3 is 0 Å². The number of non-ortho nitro benzene ring substituents is 1. The summed E-state index contributed by atoms with van der Waals surface area (Å²) in [5.74, 6) is -0.906. The zero-order valence-electron chi connectivity index (χ0n) is 15.2. The topological polar surface area (TPSA) is 93.0 Å². The summed E-state index contributed by atoms with van der Waals surface area (Å²) in [6.07, 6.45) is 0. The Balaban J connectivity index is 1.52. The van der Waals surface area contributed by atoms with Crippen LogP contribution in [0.4, 0.5) is 10.1 Å². The number of nitrogens with zero attached hydrogens (tertiary/aromatic N) is 3. The van der Waals surface area contributed by atoms with Crippen LogP contribution < -0.4 is 4.74 Å². The minimum absolute atomic E-state index is 0.0406. The number of hydrogen-bond acceptors (Lipinski definition) is 5. The lowest BCUT2D eigenvalue weighted by atomic mass is 10.1. The Labute approximate surface area is 170 Å². The number of halogens is 2. The molecule has 3 rings (SSSR count). The molecule has 29 heavy (non-hydrogen) atoms. The molecule has 0 radical (unpaired) electrons. The van der Waals surface area contributed by atoms with Crippen LogP contribution in [0.25, 0.3) is 0 Å². The second kappa shape index (κ2) is 8.87. The average Bonchev–Trinajstić information content (AvgIpc) is 2.72. The molecule has 1 aliphatic heterocycles. The van der Waals surface area contributed by atoms with E-state index in [0.717, 1.165) is 6.07 Å². The molecule has 0 bridgehead atoms. The number of nitro groups is 1. The maximum atomic E-state index is 13.2. The van der Waals surface area contributed by atoms with Crippen LogP contribution in [-0.2, 0) is 4.79 Å². The van der Waals surface area contributed by atoms with Crippen molar-refractivity contribution in [2.45, 2.75) is 0 Å². The zero-order chi connectivity index (χ0) is 21.0. The monoisotopic (exact) mass is 421 g/mol. The smallest absolute Gasteiger partial charge is 0.273 e. The van der Waals surface area contributed by atoms with Crippen LogP contribution >= 0.6 is 11.6 Å². The van der Waals surface area contributed by atoms with Crippen molar-refractivity contribution in [3.63, 3.8) is 0 Å². The molecule has 1 heterocycles. The van der Waals surface area contributed by atoms with E-state index in [1.54, 1.807) is 9.80 Å². The predicted molar refractivity (Wildman–Crippen MR) is 102 cm³/mol. The van der Waals surface area contributed by atoms with E-state index in [0.29, 0.717) is 26.2 Å². The van der Waals surface area contributed by atoms with Crippen LogP contribution in [0.15, 0.2) is 42.5 Å². The van der Waals surface area contributed by atoms with Crippen LogP contribution in [0.1, 0.15) is 10.4 Å². The number of rotatable bonds is 5. The van der Waals surface area contributed by atoms with Crippen LogP contribution in [0.3, 0.4) is 0 Å². The highest BCUT2D eigenvalue weighted by Crippen LogP contribution is 2.21. The van der Waals surface area contributed by atoms with E-state index in [9.17, 15) is 24.1 Å². The van der Waals surface area contributed by atoms with Gasteiger partial charge in [0.05, 0.1) is 21.6 Å². The molecule has 0 N–H and O–H groups in total. The Bertz CT molecular complexity index is 947.